The van der Waals surface area contributed by atoms with Crippen LogP contribution in [0.15, 0.2) is 47.6 Å². The van der Waals surface area contributed by atoms with E-state index in [-0.39, 0.29) is 11.4 Å². The van der Waals surface area contributed by atoms with Crippen LogP contribution in [0.2, 0.25) is 0 Å². The molecule has 0 aliphatic heterocycles. The summed E-state index contributed by atoms with van der Waals surface area (Å²) in [6.07, 6.45) is 3.51. The number of aromatic nitrogens is 2. The molecule has 0 spiro atoms. The van der Waals surface area contributed by atoms with Crippen molar-refractivity contribution in [2.75, 3.05) is 6.54 Å². The number of sulfonamides is 1. The molecule has 1 unspecified atom stereocenters. The summed E-state index contributed by atoms with van der Waals surface area (Å²) < 4.78 is 28.2. The Bertz CT molecular complexity index is 683. The topological polar surface area (TPSA) is 84.2 Å². The Hall–Kier alpha value is -1.70. The molecule has 120 valence electrons. The van der Waals surface area contributed by atoms with E-state index in [1.54, 1.807) is 4.68 Å². The first-order valence-corrected chi connectivity index (χ1v) is 8.73. The minimum atomic E-state index is -3.64. The number of nitrogens with one attached hydrogen (secondary N) is 1. The van der Waals surface area contributed by atoms with Gasteiger partial charge in [0.15, 0.2) is 0 Å². The SMILES string of the molecule is CCCC(O)CNS(=O)(=O)c1cnn(Cc2ccccc2)c1. The highest BCUT2D eigenvalue weighted by atomic mass is 32.2. The molecule has 2 N–H and O–H groups in total. The van der Waals surface area contributed by atoms with Gasteiger partial charge in [-0.3, -0.25) is 4.68 Å². The van der Waals surface area contributed by atoms with Gasteiger partial charge in [-0.2, -0.15) is 5.10 Å². The van der Waals surface area contributed by atoms with Gasteiger partial charge in [-0.25, -0.2) is 13.1 Å². The molecule has 0 radical (unpaired) electrons. The van der Waals surface area contributed by atoms with Gasteiger partial charge in [0.1, 0.15) is 4.90 Å². The highest BCUT2D eigenvalue weighted by Gasteiger charge is 2.17. The summed E-state index contributed by atoms with van der Waals surface area (Å²) in [6.45, 7) is 2.46. The number of aliphatic hydroxyl groups excluding tert-OH is 1. The molecule has 2 rings (SSSR count). The van der Waals surface area contributed by atoms with Crippen molar-refractivity contribution in [1.29, 1.82) is 0 Å². The number of aliphatic hydroxyl groups is 1. The van der Waals surface area contributed by atoms with E-state index in [2.05, 4.69) is 9.82 Å². The molecule has 1 heterocycles. The normalized spacial score (nSPS) is 13.2. The fourth-order valence-electron chi connectivity index (χ4n) is 2.06. The van der Waals surface area contributed by atoms with E-state index in [0.717, 1.165) is 12.0 Å². The van der Waals surface area contributed by atoms with Gasteiger partial charge in [0.2, 0.25) is 10.0 Å². The average molecular weight is 323 g/mol. The van der Waals surface area contributed by atoms with Crippen LogP contribution in [0.4, 0.5) is 0 Å². The third-order valence-corrected chi connectivity index (χ3v) is 4.62. The predicted molar refractivity (Wildman–Crippen MR) is 83.9 cm³/mol. The molecule has 0 saturated heterocycles. The van der Waals surface area contributed by atoms with Crippen molar-refractivity contribution in [2.45, 2.75) is 37.3 Å². The second kappa shape index (κ2) is 7.53. The quantitative estimate of drug-likeness (QED) is 0.768. The van der Waals surface area contributed by atoms with Gasteiger partial charge >= 0.3 is 0 Å². The fraction of sp³-hybridized carbons (Fsp3) is 0.400. The van der Waals surface area contributed by atoms with Crippen molar-refractivity contribution in [2.24, 2.45) is 0 Å². The maximum absolute atomic E-state index is 12.1. The molecular weight excluding hydrogens is 302 g/mol. The summed E-state index contributed by atoms with van der Waals surface area (Å²) in [5.74, 6) is 0. The average Bonchev–Trinajstić information content (AvgIpc) is 2.96. The highest BCUT2D eigenvalue weighted by Crippen LogP contribution is 2.09. The summed E-state index contributed by atoms with van der Waals surface area (Å²) in [6, 6.07) is 9.68. The first-order chi connectivity index (χ1) is 10.5. The Kier molecular flexibility index (Phi) is 5.70. The zero-order valence-corrected chi connectivity index (χ0v) is 13.3. The Balaban J connectivity index is 2.00. The highest BCUT2D eigenvalue weighted by molar-refractivity contribution is 7.89. The summed E-state index contributed by atoms with van der Waals surface area (Å²) in [5, 5.41) is 13.7. The minimum Gasteiger partial charge on any atom is -0.392 e. The Labute approximate surface area is 130 Å². The van der Waals surface area contributed by atoms with Crippen LogP contribution in [0.5, 0.6) is 0 Å². The lowest BCUT2D eigenvalue weighted by molar-refractivity contribution is 0.167. The van der Waals surface area contributed by atoms with Gasteiger partial charge in [-0.1, -0.05) is 43.7 Å². The lowest BCUT2D eigenvalue weighted by atomic mass is 10.2. The van der Waals surface area contributed by atoms with Crippen molar-refractivity contribution < 1.29 is 13.5 Å². The molecule has 0 saturated carbocycles. The predicted octanol–water partition coefficient (Wildman–Crippen LogP) is 1.37. The molecule has 0 amide bonds. The summed E-state index contributed by atoms with van der Waals surface area (Å²) in [7, 11) is -3.64. The molecule has 0 bridgehead atoms. The van der Waals surface area contributed by atoms with Crippen LogP contribution >= 0.6 is 0 Å². The maximum Gasteiger partial charge on any atom is 0.243 e. The van der Waals surface area contributed by atoms with E-state index < -0.39 is 16.1 Å². The summed E-state index contributed by atoms with van der Waals surface area (Å²) >= 11 is 0. The molecular formula is C15H21N3O3S. The van der Waals surface area contributed by atoms with Gasteiger partial charge in [0, 0.05) is 12.7 Å². The molecule has 0 fully saturated rings. The van der Waals surface area contributed by atoms with Crippen LogP contribution in [0.25, 0.3) is 0 Å². The van der Waals surface area contributed by atoms with Gasteiger partial charge in [-0.15, -0.1) is 0 Å². The van der Waals surface area contributed by atoms with Crippen molar-refractivity contribution in [3.05, 3.63) is 48.3 Å². The van der Waals surface area contributed by atoms with E-state index in [1.807, 2.05) is 37.3 Å². The van der Waals surface area contributed by atoms with Crippen molar-refractivity contribution >= 4 is 10.0 Å². The summed E-state index contributed by atoms with van der Waals surface area (Å²) in [5.41, 5.74) is 1.04. The zero-order chi connectivity index (χ0) is 16.0. The first kappa shape index (κ1) is 16.7. The third-order valence-electron chi connectivity index (χ3n) is 3.24. The molecule has 1 aromatic heterocycles. The van der Waals surface area contributed by atoms with E-state index >= 15 is 0 Å². The van der Waals surface area contributed by atoms with E-state index in [9.17, 15) is 13.5 Å². The molecule has 1 atom stereocenters. The molecule has 0 aliphatic rings. The standard InChI is InChI=1S/C15H21N3O3S/c1-2-6-14(19)9-17-22(20,21)15-10-16-18(12-15)11-13-7-4-3-5-8-13/h3-5,7-8,10,12,14,17,19H,2,6,9,11H2,1H3. The zero-order valence-electron chi connectivity index (χ0n) is 12.5. The number of rotatable bonds is 8. The molecule has 1 aromatic carbocycles. The Morgan fingerprint density at radius 3 is 2.73 bits per heavy atom. The largest absolute Gasteiger partial charge is 0.392 e. The third kappa shape index (κ3) is 4.66. The van der Waals surface area contributed by atoms with Crippen LogP contribution in [0, 0.1) is 0 Å². The molecule has 2 aromatic rings. The van der Waals surface area contributed by atoms with E-state index in [0.29, 0.717) is 13.0 Å². The maximum atomic E-state index is 12.1. The number of hydrogen-bond acceptors (Lipinski definition) is 4. The number of benzene rings is 1. The molecule has 7 heteroatoms. The molecule has 22 heavy (non-hydrogen) atoms. The first-order valence-electron chi connectivity index (χ1n) is 7.25. The van der Waals surface area contributed by atoms with Gasteiger partial charge in [0.05, 0.1) is 18.8 Å². The van der Waals surface area contributed by atoms with Gasteiger partial charge < -0.3 is 5.11 Å². The minimum absolute atomic E-state index is 0.0139. The second-order valence-electron chi connectivity index (χ2n) is 5.15. The molecule has 6 nitrogen and oxygen atoms in total. The summed E-state index contributed by atoms with van der Waals surface area (Å²) in [4.78, 5) is 0.104. The van der Waals surface area contributed by atoms with Crippen LogP contribution < -0.4 is 4.72 Å². The van der Waals surface area contributed by atoms with Crippen molar-refractivity contribution in [3.63, 3.8) is 0 Å². The smallest absolute Gasteiger partial charge is 0.243 e. The van der Waals surface area contributed by atoms with E-state index in [4.69, 9.17) is 0 Å². The van der Waals surface area contributed by atoms with E-state index in [1.165, 1.54) is 12.4 Å². The second-order valence-corrected chi connectivity index (χ2v) is 6.92. The van der Waals surface area contributed by atoms with Crippen molar-refractivity contribution in [3.8, 4) is 0 Å². The lowest BCUT2D eigenvalue weighted by Gasteiger charge is -2.10. The Morgan fingerprint density at radius 1 is 1.32 bits per heavy atom. The van der Waals surface area contributed by atoms with Crippen LogP contribution in [0.3, 0.4) is 0 Å². The van der Waals surface area contributed by atoms with Crippen LogP contribution in [-0.4, -0.2) is 36.0 Å². The van der Waals surface area contributed by atoms with Crippen LogP contribution in [0.1, 0.15) is 25.3 Å². The Morgan fingerprint density at radius 2 is 2.05 bits per heavy atom. The monoisotopic (exact) mass is 323 g/mol. The van der Waals surface area contributed by atoms with Gasteiger partial charge in [0.25, 0.3) is 0 Å². The van der Waals surface area contributed by atoms with Crippen molar-refractivity contribution in [1.82, 2.24) is 14.5 Å². The lowest BCUT2D eigenvalue weighted by Crippen LogP contribution is -2.31. The number of hydrogen-bond donors (Lipinski definition) is 2. The molecule has 0 aliphatic carbocycles. The van der Waals surface area contributed by atoms with Crippen LogP contribution in [-0.2, 0) is 16.6 Å². The fourth-order valence-corrected chi connectivity index (χ4v) is 3.09. The van der Waals surface area contributed by atoms with Gasteiger partial charge in [-0.05, 0) is 12.0 Å². The number of nitrogens with zero attached hydrogens (tertiary/aromatic N) is 2.